The standard InChI is InChI=1S/C48H33NS/c1-3-18-34(19-4-1)36-22-7-9-24-38(36)40-26-11-14-30-44(40)49(46-32-17-29-43-42-28-13-16-33-47(42)50-48(43)46)45-31-15-12-27-41(45)39-25-10-8-23-37(39)35-20-5-2-6-21-35/h1-33H. The molecule has 0 spiro atoms. The van der Waals surface area contributed by atoms with E-state index in [1.54, 1.807) is 0 Å². The maximum atomic E-state index is 2.51. The van der Waals surface area contributed by atoms with Crippen LogP contribution in [0.1, 0.15) is 0 Å². The van der Waals surface area contributed by atoms with Crippen molar-refractivity contribution in [2.75, 3.05) is 4.90 Å². The third-order valence-corrected chi connectivity index (χ3v) is 10.7. The van der Waals surface area contributed by atoms with E-state index in [4.69, 9.17) is 0 Å². The van der Waals surface area contributed by atoms with E-state index in [1.807, 2.05) is 11.3 Å². The quantitative estimate of drug-likeness (QED) is 0.165. The van der Waals surface area contributed by atoms with Crippen molar-refractivity contribution in [2.45, 2.75) is 0 Å². The first-order valence-corrected chi connectivity index (χ1v) is 17.8. The van der Waals surface area contributed by atoms with E-state index < -0.39 is 0 Å². The second kappa shape index (κ2) is 13.0. The summed E-state index contributed by atoms with van der Waals surface area (Å²) >= 11 is 1.87. The molecule has 8 aromatic carbocycles. The monoisotopic (exact) mass is 655 g/mol. The first-order valence-electron chi connectivity index (χ1n) is 17.0. The number of hydrogen-bond donors (Lipinski definition) is 0. The van der Waals surface area contributed by atoms with Crippen molar-refractivity contribution >= 4 is 48.6 Å². The average Bonchev–Trinajstić information content (AvgIpc) is 3.59. The summed E-state index contributed by atoms with van der Waals surface area (Å²) in [7, 11) is 0. The molecule has 0 atom stereocenters. The fraction of sp³-hybridized carbons (Fsp3) is 0. The SMILES string of the molecule is c1ccc(-c2ccccc2-c2ccccc2N(c2ccccc2-c2ccccc2-c2ccccc2)c2cccc3c2sc2ccccc23)cc1. The summed E-state index contributed by atoms with van der Waals surface area (Å²) in [6.07, 6.45) is 0. The molecule has 0 aliphatic rings. The van der Waals surface area contributed by atoms with Gasteiger partial charge in [0.15, 0.2) is 0 Å². The van der Waals surface area contributed by atoms with Gasteiger partial charge >= 0.3 is 0 Å². The van der Waals surface area contributed by atoms with Gasteiger partial charge in [0.05, 0.1) is 21.8 Å². The molecule has 1 aromatic heterocycles. The number of thiophene rings is 1. The molecule has 0 aliphatic carbocycles. The van der Waals surface area contributed by atoms with Gasteiger partial charge in [-0.05, 0) is 57.6 Å². The highest BCUT2D eigenvalue weighted by Gasteiger charge is 2.24. The van der Waals surface area contributed by atoms with Gasteiger partial charge in [-0.15, -0.1) is 11.3 Å². The van der Waals surface area contributed by atoms with Crippen molar-refractivity contribution in [2.24, 2.45) is 0 Å². The van der Waals surface area contributed by atoms with Crippen LogP contribution in [0.15, 0.2) is 200 Å². The predicted molar refractivity (Wildman–Crippen MR) is 216 cm³/mol. The minimum atomic E-state index is 1.13. The molecule has 9 aromatic rings. The van der Waals surface area contributed by atoms with Crippen LogP contribution in [-0.4, -0.2) is 0 Å². The highest BCUT2D eigenvalue weighted by Crippen LogP contribution is 2.50. The molecule has 0 radical (unpaired) electrons. The number of anilines is 3. The van der Waals surface area contributed by atoms with Gasteiger partial charge in [0, 0.05) is 26.6 Å². The summed E-state index contributed by atoms with van der Waals surface area (Å²) in [6.45, 7) is 0. The Hall–Kier alpha value is -6.22. The molecule has 9 rings (SSSR count). The Morgan fingerprint density at radius 1 is 0.280 bits per heavy atom. The van der Waals surface area contributed by atoms with E-state index >= 15 is 0 Å². The molecule has 0 bridgehead atoms. The highest BCUT2D eigenvalue weighted by molar-refractivity contribution is 7.26. The van der Waals surface area contributed by atoms with Gasteiger partial charge in [-0.25, -0.2) is 0 Å². The van der Waals surface area contributed by atoms with Gasteiger partial charge < -0.3 is 4.90 Å². The molecule has 0 N–H and O–H groups in total. The van der Waals surface area contributed by atoms with Crippen LogP contribution < -0.4 is 4.90 Å². The largest absolute Gasteiger partial charge is 0.308 e. The Bertz CT molecular complexity index is 2470. The Balaban J connectivity index is 1.35. The number of hydrogen-bond acceptors (Lipinski definition) is 2. The van der Waals surface area contributed by atoms with Crippen LogP contribution in [0.4, 0.5) is 17.1 Å². The lowest BCUT2D eigenvalue weighted by atomic mass is 9.91. The van der Waals surface area contributed by atoms with E-state index in [0.29, 0.717) is 0 Å². The summed E-state index contributed by atoms with van der Waals surface area (Å²) < 4.78 is 2.56. The normalized spacial score (nSPS) is 11.2. The first-order chi connectivity index (χ1) is 24.8. The number of rotatable bonds is 7. The van der Waals surface area contributed by atoms with E-state index in [1.165, 1.54) is 64.7 Å². The minimum Gasteiger partial charge on any atom is -0.308 e. The summed E-state index contributed by atoms with van der Waals surface area (Å²) in [5.74, 6) is 0. The summed E-state index contributed by atoms with van der Waals surface area (Å²) in [4.78, 5) is 2.51. The van der Waals surface area contributed by atoms with Crippen LogP contribution in [0.2, 0.25) is 0 Å². The Labute approximate surface area is 297 Å². The minimum absolute atomic E-state index is 1.13. The van der Waals surface area contributed by atoms with Gasteiger partial charge in [0.25, 0.3) is 0 Å². The van der Waals surface area contributed by atoms with Crippen LogP contribution in [0.25, 0.3) is 64.7 Å². The molecule has 0 aliphatic heterocycles. The van der Waals surface area contributed by atoms with Gasteiger partial charge in [-0.3, -0.25) is 0 Å². The summed E-state index contributed by atoms with van der Waals surface area (Å²) in [6, 6.07) is 72.3. The maximum Gasteiger partial charge on any atom is 0.0640 e. The lowest BCUT2D eigenvalue weighted by molar-refractivity contribution is 1.30. The number of para-hydroxylation sites is 2. The van der Waals surface area contributed by atoms with Gasteiger partial charge in [0.1, 0.15) is 0 Å². The molecule has 1 nitrogen and oxygen atoms in total. The Morgan fingerprint density at radius 3 is 1.24 bits per heavy atom. The number of fused-ring (bicyclic) bond motifs is 3. The van der Waals surface area contributed by atoms with Gasteiger partial charge in [-0.1, -0.05) is 176 Å². The van der Waals surface area contributed by atoms with Crippen molar-refractivity contribution in [1.29, 1.82) is 0 Å². The van der Waals surface area contributed by atoms with E-state index in [0.717, 1.165) is 17.1 Å². The zero-order chi connectivity index (χ0) is 33.3. The molecule has 236 valence electrons. The molecule has 0 saturated heterocycles. The van der Waals surface area contributed by atoms with Crippen LogP contribution >= 0.6 is 11.3 Å². The molecule has 0 fully saturated rings. The van der Waals surface area contributed by atoms with Crippen LogP contribution in [0.3, 0.4) is 0 Å². The second-order valence-electron chi connectivity index (χ2n) is 12.4. The fourth-order valence-electron chi connectivity index (χ4n) is 7.27. The fourth-order valence-corrected chi connectivity index (χ4v) is 8.47. The van der Waals surface area contributed by atoms with Crippen molar-refractivity contribution in [3.63, 3.8) is 0 Å². The van der Waals surface area contributed by atoms with Crippen molar-refractivity contribution in [1.82, 2.24) is 0 Å². The van der Waals surface area contributed by atoms with Crippen molar-refractivity contribution in [3.8, 4) is 44.5 Å². The lowest BCUT2D eigenvalue weighted by Gasteiger charge is -2.31. The van der Waals surface area contributed by atoms with E-state index in [9.17, 15) is 0 Å². The maximum absolute atomic E-state index is 2.51. The first kappa shape index (κ1) is 29.9. The Kier molecular flexibility index (Phi) is 7.77. The molecule has 0 saturated carbocycles. The number of benzene rings is 8. The van der Waals surface area contributed by atoms with Gasteiger partial charge in [0.2, 0.25) is 0 Å². The predicted octanol–water partition coefficient (Wildman–Crippen LogP) is 14.2. The average molecular weight is 656 g/mol. The highest BCUT2D eigenvalue weighted by atomic mass is 32.1. The molecule has 2 heteroatoms. The van der Waals surface area contributed by atoms with E-state index in [-0.39, 0.29) is 0 Å². The van der Waals surface area contributed by atoms with Crippen LogP contribution in [0, 0.1) is 0 Å². The summed E-state index contributed by atoms with van der Waals surface area (Å²) in [5, 5.41) is 2.57. The zero-order valence-corrected chi connectivity index (χ0v) is 28.2. The molecule has 0 unspecified atom stereocenters. The van der Waals surface area contributed by atoms with Gasteiger partial charge in [-0.2, -0.15) is 0 Å². The molecular formula is C48H33NS. The summed E-state index contributed by atoms with van der Waals surface area (Å²) in [5.41, 5.74) is 13.0. The van der Waals surface area contributed by atoms with Crippen LogP contribution in [-0.2, 0) is 0 Å². The van der Waals surface area contributed by atoms with Crippen molar-refractivity contribution in [3.05, 3.63) is 200 Å². The molecule has 0 amide bonds. The third kappa shape index (κ3) is 5.27. The zero-order valence-electron chi connectivity index (χ0n) is 27.4. The topological polar surface area (TPSA) is 3.24 Å². The molecular weight excluding hydrogens is 623 g/mol. The Morgan fingerprint density at radius 2 is 0.680 bits per heavy atom. The third-order valence-electron chi connectivity index (χ3n) is 9.52. The van der Waals surface area contributed by atoms with Crippen LogP contribution in [0.5, 0.6) is 0 Å². The smallest absolute Gasteiger partial charge is 0.0640 e. The van der Waals surface area contributed by atoms with Crippen molar-refractivity contribution < 1.29 is 0 Å². The molecule has 1 heterocycles. The molecule has 50 heavy (non-hydrogen) atoms. The second-order valence-corrected chi connectivity index (χ2v) is 13.5. The number of nitrogens with zero attached hydrogens (tertiary/aromatic N) is 1. The lowest BCUT2D eigenvalue weighted by Crippen LogP contribution is -2.13. The van der Waals surface area contributed by atoms with E-state index in [2.05, 4.69) is 205 Å².